The Bertz CT molecular complexity index is 2040. The van der Waals surface area contributed by atoms with Crippen LogP contribution < -0.4 is 31.5 Å². The molecule has 5 amide bonds. The van der Waals surface area contributed by atoms with Gasteiger partial charge >= 0.3 is 6.03 Å². The molecule has 0 radical (unpaired) electrons. The summed E-state index contributed by atoms with van der Waals surface area (Å²) in [6, 6.07) is 13.1. The van der Waals surface area contributed by atoms with Crippen molar-refractivity contribution < 1.29 is 19.2 Å². The van der Waals surface area contributed by atoms with Crippen LogP contribution in [0.15, 0.2) is 48.8 Å². The highest BCUT2D eigenvalue weighted by molar-refractivity contribution is 6.01. The number of nitrogens with two attached hydrogens (primary N) is 1. The monoisotopic (exact) mass is 804 g/mol. The topological polar surface area (TPSA) is 185 Å². The zero-order valence-electron chi connectivity index (χ0n) is 33.9. The Morgan fingerprint density at radius 3 is 2.15 bits per heavy atom. The van der Waals surface area contributed by atoms with E-state index < -0.39 is 11.9 Å². The van der Waals surface area contributed by atoms with Crippen molar-refractivity contribution in [2.75, 3.05) is 72.8 Å². The standard InChI is InChI=1S/C43H56N12O4/c1-43(16-19-51(20-17-43)33-26-53(27-33)35-14-12-30(23-45-35)47-34-13-15-37(56)50-41(34)58)28-8-10-29(11-9-28)48-40-38(39(44)57)46-24-36(49-40)52-18-4-7-32(25-52)55-22-21-54(42(55)59)31-5-2-3-6-31/h8-12,14,23-24,31-34,47H,2-7,13,15-22,25-27H2,1H3,(H2,44,57)(H,48,49)(H,50,56,58). The lowest BCUT2D eigenvalue weighted by molar-refractivity contribution is -0.133. The van der Waals surface area contributed by atoms with E-state index in [0.717, 1.165) is 102 Å². The average Bonchev–Trinajstić information content (AvgIpc) is 3.90. The van der Waals surface area contributed by atoms with Crippen molar-refractivity contribution in [3.63, 3.8) is 0 Å². The van der Waals surface area contributed by atoms with Crippen molar-refractivity contribution in [2.24, 2.45) is 5.73 Å². The van der Waals surface area contributed by atoms with E-state index in [2.05, 4.69) is 69.5 Å². The number of carbonyl (C=O) groups excluding carboxylic acids is 4. The Morgan fingerprint density at radius 1 is 0.763 bits per heavy atom. The van der Waals surface area contributed by atoms with E-state index in [9.17, 15) is 19.2 Å². The van der Waals surface area contributed by atoms with Crippen molar-refractivity contribution in [3.05, 3.63) is 60.0 Å². The van der Waals surface area contributed by atoms with E-state index in [0.29, 0.717) is 43.1 Å². The van der Waals surface area contributed by atoms with E-state index >= 15 is 0 Å². The number of amides is 5. The molecular weight excluding hydrogens is 749 g/mol. The molecule has 59 heavy (non-hydrogen) atoms. The molecule has 1 aliphatic carbocycles. The van der Waals surface area contributed by atoms with E-state index in [1.807, 2.05) is 24.3 Å². The van der Waals surface area contributed by atoms with Gasteiger partial charge in [0.25, 0.3) is 5.91 Å². The number of anilines is 5. The predicted octanol–water partition coefficient (Wildman–Crippen LogP) is 3.82. The number of primary amides is 1. The first-order valence-corrected chi connectivity index (χ1v) is 21.5. The van der Waals surface area contributed by atoms with Gasteiger partial charge in [0.15, 0.2) is 11.5 Å². The fourth-order valence-corrected chi connectivity index (χ4v) is 10.0. The number of nitrogens with zero attached hydrogens (tertiary/aromatic N) is 8. The molecule has 1 aromatic carbocycles. The van der Waals surface area contributed by atoms with Crippen LogP contribution in [0.5, 0.6) is 0 Å². The summed E-state index contributed by atoms with van der Waals surface area (Å²) in [7, 11) is 0. The molecule has 0 bridgehead atoms. The minimum Gasteiger partial charge on any atom is -0.372 e. The minimum absolute atomic E-state index is 0.0408. The number of likely N-dealkylation sites (tertiary alicyclic amines) is 1. The van der Waals surface area contributed by atoms with E-state index in [1.54, 1.807) is 12.4 Å². The summed E-state index contributed by atoms with van der Waals surface area (Å²) >= 11 is 0. The molecule has 312 valence electrons. The highest BCUT2D eigenvalue weighted by Crippen LogP contribution is 2.38. The maximum atomic E-state index is 13.5. The Hall–Kier alpha value is -5.51. The number of piperidine rings is 3. The molecule has 16 heteroatoms. The number of nitrogens with one attached hydrogen (secondary N) is 3. The molecule has 16 nitrogen and oxygen atoms in total. The Kier molecular flexibility index (Phi) is 10.7. The Balaban J connectivity index is 0.775. The molecular formula is C43H56N12O4. The van der Waals surface area contributed by atoms with Crippen LogP contribution in [-0.2, 0) is 15.0 Å². The SMILES string of the molecule is CC1(c2ccc(Nc3nc(N4CCCC(N5CCN(C6CCCC6)C5=O)C4)cnc3C(N)=O)cc2)CCN(C2CN(c3ccc(NC4CCC(=O)NC4=O)cn3)C2)CC1. The molecule has 6 aliphatic rings. The predicted molar refractivity (Wildman–Crippen MR) is 225 cm³/mol. The molecule has 2 aromatic heterocycles. The van der Waals surface area contributed by atoms with Crippen LogP contribution in [0.3, 0.4) is 0 Å². The summed E-state index contributed by atoms with van der Waals surface area (Å²) in [4.78, 5) is 74.7. The van der Waals surface area contributed by atoms with Gasteiger partial charge in [-0.05, 0) is 93.3 Å². The van der Waals surface area contributed by atoms with Gasteiger partial charge in [0.1, 0.15) is 17.7 Å². The second-order valence-electron chi connectivity index (χ2n) is 17.6. The van der Waals surface area contributed by atoms with Crippen LogP contribution in [0.1, 0.15) is 87.2 Å². The van der Waals surface area contributed by atoms with Crippen LogP contribution in [0.4, 0.5) is 33.6 Å². The zero-order chi connectivity index (χ0) is 40.7. The van der Waals surface area contributed by atoms with Gasteiger partial charge in [-0.2, -0.15) is 0 Å². The molecule has 0 spiro atoms. The van der Waals surface area contributed by atoms with Gasteiger partial charge in [-0.3, -0.25) is 24.6 Å². The van der Waals surface area contributed by atoms with Gasteiger partial charge in [0, 0.05) is 63.5 Å². The Labute approximate surface area is 345 Å². The fraction of sp³-hybridized carbons (Fsp3) is 0.558. The van der Waals surface area contributed by atoms with Crippen molar-refractivity contribution in [2.45, 2.75) is 101 Å². The van der Waals surface area contributed by atoms with E-state index in [1.165, 1.54) is 18.4 Å². The van der Waals surface area contributed by atoms with Gasteiger partial charge in [0.2, 0.25) is 11.8 Å². The number of urea groups is 1. The third-order valence-electron chi connectivity index (χ3n) is 13.8. The van der Waals surface area contributed by atoms with Crippen molar-refractivity contribution in [1.29, 1.82) is 0 Å². The first-order valence-electron chi connectivity index (χ1n) is 21.5. The minimum atomic E-state index is -0.642. The van der Waals surface area contributed by atoms with Crippen molar-refractivity contribution in [1.82, 2.24) is 35.0 Å². The van der Waals surface area contributed by atoms with Gasteiger partial charge in [-0.25, -0.2) is 19.7 Å². The number of hydrogen-bond acceptors (Lipinski definition) is 12. The quantitative estimate of drug-likeness (QED) is 0.206. The number of rotatable bonds is 11. The van der Waals surface area contributed by atoms with Gasteiger partial charge < -0.3 is 36.0 Å². The number of benzene rings is 1. The van der Waals surface area contributed by atoms with Crippen molar-refractivity contribution in [3.8, 4) is 0 Å². The zero-order valence-corrected chi connectivity index (χ0v) is 33.9. The molecule has 5 N–H and O–H groups in total. The lowest BCUT2D eigenvalue weighted by Crippen LogP contribution is -2.62. The first-order chi connectivity index (χ1) is 28.6. The second kappa shape index (κ2) is 16.3. The number of pyridine rings is 1. The average molecular weight is 805 g/mol. The van der Waals surface area contributed by atoms with Crippen LogP contribution in [-0.4, -0.2) is 130 Å². The van der Waals surface area contributed by atoms with E-state index in [4.69, 9.17) is 10.7 Å². The van der Waals surface area contributed by atoms with Gasteiger partial charge in [-0.1, -0.05) is 31.9 Å². The van der Waals surface area contributed by atoms with Gasteiger partial charge in [0.05, 0.1) is 24.1 Å². The lowest BCUT2D eigenvalue weighted by Gasteiger charge is -2.50. The smallest absolute Gasteiger partial charge is 0.320 e. The molecule has 2 atom stereocenters. The van der Waals surface area contributed by atoms with Gasteiger partial charge in [-0.15, -0.1) is 0 Å². The number of carbonyl (C=O) groups is 4. The summed E-state index contributed by atoms with van der Waals surface area (Å²) in [6.07, 6.45) is 12.8. The van der Waals surface area contributed by atoms with Crippen molar-refractivity contribution >= 4 is 52.6 Å². The maximum Gasteiger partial charge on any atom is 0.320 e. The molecule has 7 heterocycles. The molecule has 5 saturated heterocycles. The largest absolute Gasteiger partial charge is 0.372 e. The summed E-state index contributed by atoms with van der Waals surface area (Å²) in [5, 5.41) is 8.92. The maximum absolute atomic E-state index is 13.5. The van der Waals surface area contributed by atoms with E-state index in [-0.39, 0.29) is 35.0 Å². The number of hydrogen-bond donors (Lipinski definition) is 4. The third-order valence-corrected chi connectivity index (χ3v) is 13.8. The van der Waals surface area contributed by atoms with Crippen LogP contribution in [0, 0.1) is 0 Å². The summed E-state index contributed by atoms with van der Waals surface area (Å²) in [5.74, 6) is 0.765. The molecule has 5 aliphatic heterocycles. The summed E-state index contributed by atoms with van der Waals surface area (Å²) in [5.41, 5.74) is 8.76. The van der Waals surface area contributed by atoms with Crippen LogP contribution in [0.2, 0.25) is 0 Å². The highest BCUT2D eigenvalue weighted by atomic mass is 16.2. The van der Waals surface area contributed by atoms with Crippen LogP contribution >= 0.6 is 0 Å². The molecule has 9 rings (SSSR count). The second-order valence-corrected chi connectivity index (χ2v) is 17.6. The normalized spacial score (nSPS) is 24.3. The highest BCUT2D eigenvalue weighted by Gasteiger charge is 2.41. The number of aromatic nitrogens is 3. The summed E-state index contributed by atoms with van der Waals surface area (Å²) < 4.78 is 0. The lowest BCUT2D eigenvalue weighted by atomic mass is 9.74. The molecule has 3 aromatic rings. The fourth-order valence-electron chi connectivity index (χ4n) is 10.0. The first kappa shape index (κ1) is 39.0. The summed E-state index contributed by atoms with van der Waals surface area (Å²) in [6.45, 7) is 9.30. The molecule has 1 saturated carbocycles. The third kappa shape index (κ3) is 8.10. The molecule has 2 unspecified atom stereocenters. The number of imide groups is 1. The Morgan fingerprint density at radius 2 is 1.46 bits per heavy atom. The van der Waals surface area contributed by atoms with Crippen LogP contribution in [0.25, 0.3) is 0 Å². The molecule has 6 fully saturated rings.